The van der Waals surface area contributed by atoms with Crippen LogP contribution < -0.4 is 0 Å². The van der Waals surface area contributed by atoms with E-state index in [4.69, 9.17) is 19.3 Å². The zero-order valence-corrected chi connectivity index (χ0v) is 31.1. The van der Waals surface area contributed by atoms with Gasteiger partial charge in [-0.05, 0) is 25.3 Å². The van der Waals surface area contributed by atoms with Gasteiger partial charge in [-0.3, -0.25) is 9.32 Å². The number of ether oxygens (including phenoxy) is 2. The monoisotopic (exact) mass is 675 g/mol. The van der Waals surface area contributed by atoms with E-state index in [-0.39, 0.29) is 12.6 Å². The fraction of sp³-hybridized carbons (Fsp3) is 0.921. The maximum absolute atomic E-state index is 12.4. The lowest BCUT2D eigenvalue weighted by molar-refractivity contribution is -0.153. The van der Waals surface area contributed by atoms with E-state index in [2.05, 4.69) is 18.4 Å². The summed E-state index contributed by atoms with van der Waals surface area (Å²) in [5, 5.41) is 0. The maximum Gasteiger partial charge on any atom is 0.469 e. The number of carbonyl (C=O) groups excluding carboxylic acids is 1. The Morgan fingerprint density at radius 1 is 0.565 bits per heavy atom. The summed E-state index contributed by atoms with van der Waals surface area (Å²) in [7, 11) is -4.66. The van der Waals surface area contributed by atoms with Crippen molar-refractivity contribution in [3.63, 3.8) is 0 Å². The van der Waals surface area contributed by atoms with Crippen LogP contribution >= 0.6 is 7.82 Å². The first-order valence-corrected chi connectivity index (χ1v) is 21.1. The quantitative estimate of drug-likeness (QED) is 0.0292. The Kier molecular flexibility index (Phi) is 34.7. The summed E-state index contributed by atoms with van der Waals surface area (Å²) < 4.78 is 26.7. The largest absolute Gasteiger partial charge is 0.498 e. The van der Waals surface area contributed by atoms with Crippen LogP contribution in [0.25, 0.3) is 0 Å². The van der Waals surface area contributed by atoms with Gasteiger partial charge >= 0.3 is 13.8 Å². The number of hydrogen-bond donors (Lipinski definition) is 2. The van der Waals surface area contributed by atoms with Crippen molar-refractivity contribution in [3.05, 3.63) is 12.3 Å². The average molecular weight is 675 g/mol. The molecule has 0 saturated carbocycles. The normalized spacial score (nSPS) is 12.6. The summed E-state index contributed by atoms with van der Waals surface area (Å²) in [6.45, 7) is 4.12. The van der Waals surface area contributed by atoms with E-state index in [1.54, 1.807) is 6.26 Å². The van der Waals surface area contributed by atoms with Crippen LogP contribution in [-0.4, -0.2) is 35.1 Å². The highest BCUT2D eigenvalue weighted by Crippen LogP contribution is 2.36. The van der Waals surface area contributed by atoms with Gasteiger partial charge in [0.2, 0.25) is 0 Å². The molecule has 0 bridgehead atoms. The summed E-state index contributed by atoms with van der Waals surface area (Å²) >= 11 is 0. The molecule has 0 fully saturated rings. The molecule has 0 rings (SSSR count). The van der Waals surface area contributed by atoms with Crippen molar-refractivity contribution >= 4 is 13.8 Å². The minimum atomic E-state index is -4.66. The zero-order valence-electron chi connectivity index (χ0n) is 30.2. The van der Waals surface area contributed by atoms with E-state index in [0.717, 1.165) is 32.1 Å². The lowest BCUT2D eigenvalue weighted by atomic mass is 10.0. The van der Waals surface area contributed by atoms with Gasteiger partial charge in [0.1, 0.15) is 6.61 Å². The van der Waals surface area contributed by atoms with Gasteiger partial charge in [-0.15, -0.1) is 0 Å². The van der Waals surface area contributed by atoms with Gasteiger partial charge in [0.15, 0.2) is 6.10 Å². The Hall–Kier alpha value is -0.880. The minimum Gasteiger partial charge on any atom is -0.498 e. The lowest BCUT2D eigenvalue weighted by Gasteiger charge is -2.18. The molecule has 7 nitrogen and oxygen atoms in total. The highest BCUT2D eigenvalue weighted by atomic mass is 31.2. The Labute approximate surface area is 284 Å². The van der Waals surface area contributed by atoms with Crippen molar-refractivity contribution in [2.24, 2.45) is 0 Å². The second kappa shape index (κ2) is 35.4. The van der Waals surface area contributed by atoms with E-state index in [0.29, 0.717) is 6.42 Å². The summed E-state index contributed by atoms with van der Waals surface area (Å²) in [6, 6.07) is 0. The van der Waals surface area contributed by atoms with Gasteiger partial charge in [0.05, 0.1) is 12.9 Å². The number of rotatable bonds is 37. The van der Waals surface area contributed by atoms with E-state index in [9.17, 15) is 9.36 Å². The van der Waals surface area contributed by atoms with E-state index in [1.807, 2.05) is 6.08 Å². The van der Waals surface area contributed by atoms with Crippen LogP contribution in [0.3, 0.4) is 0 Å². The van der Waals surface area contributed by atoms with Crippen molar-refractivity contribution in [1.29, 1.82) is 0 Å². The second-order valence-corrected chi connectivity index (χ2v) is 14.6. The summed E-state index contributed by atoms with van der Waals surface area (Å²) in [4.78, 5) is 30.5. The molecule has 0 aromatic heterocycles. The van der Waals surface area contributed by atoms with Crippen LogP contribution in [0.4, 0.5) is 0 Å². The van der Waals surface area contributed by atoms with Gasteiger partial charge in [-0.25, -0.2) is 4.57 Å². The lowest BCUT2D eigenvalue weighted by Crippen LogP contribution is -2.27. The molecule has 0 aliphatic carbocycles. The number of hydrogen-bond acceptors (Lipinski definition) is 5. The molecular formula is C38H75O7P. The zero-order chi connectivity index (χ0) is 33.8. The Morgan fingerprint density at radius 2 is 0.935 bits per heavy atom. The average Bonchev–Trinajstić information content (AvgIpc) is 3.02. The molecule has 0 radical (unpaired) electrons. The first-order valence-electron chi connectivity index (χ1n) is 19.5. The van der Waals surface area contributed by atoms with Crippen LogP contribution in [0, 0.1) is 0 Å². The van der Waals surface area contributed by atoms with Crippen LogP contribution in [0.5, 0.6) is 0 Å². The van der Waals surface area contributed by atoms with Crippen molar-refractivity contribution in [2.45, 2.75) is 213 Å². The van der Waals surface area contributed by atoms with E-state index >= 15 is 0 Å². The summed E-state index contributed by atoms with van der Waals surface area (Å²) in [6.07, 6.45) is 40.0. The topological polar surface area (TPSA) is 102 Å². The van der Waals surface area contributed by atoms with Gasteiger partial charge in [0, 0.05) is 6.42 Å². The number of carbonyl (C=O) groups is 1. The molecule has 0 spiro atoms. The van der Waals surface area contributed by atoms with Crippen LogP contribution in [-0.2, 0) is 23.4 Å². The van der Waals surface area contributed by atoms with Crippen molar-refractivity contribution in [1.82, 2.24) is 0 Å². The molecule has 0 unspecified atom stereocenters. The van der Waals surface area contributed by atoms with Gasteiger partial charge in [0.25, 0.3) is 0 Å². The van der Waals surface area contributed by atoms with Crippen LogP contribution in [0.1, 0.15) is 206 Å². The van der Waals surface area contributed by atoms with Gasteiger partial charge < -0.3 is 19.3 Å². The Morgan fingerprint density at radius 3 is 1.33 bits per heavy atom. The standard InChI is InChI=1S/C38H75O7P/c1-3-5-7-9-11-13-15-17-19-20-21-23-25-27-29-31-33-38(39)45-37(36-44-46(40,41)42)35-43-34-32-30-28-26-24-22-18-16-14-12-10-8-6-4-2/h32,34,37H,3-31,33,35-36H2,1-2H3,(H2,40,41,42)/b34-32-/t37-/m1/s1. The first kappa shape index (κ1) is 45.1. The fourth-order valence-electron chi connectivity index (χ4n) is 5.76. The molecule has 1 atom stereocenters. The molecule has 46 heavy (non-hydrogen) atoms. The molecular weight excluding hydrogens is 599 g/mol. The molecule has 0 aromatic carbocycles. The Bertz CT molecular complexity index is 709. The molecule has 0 aliphatic heterocycles. The number of esters is 1. The molecule has 0 aromatic rings. The second-order valence-electron chi connectivity index (χ2n) is 13.3. The predicted molar refractivity (Wildman–Crippen MR) is 193 cm³/mol. The maximum atomic E-state index is 12.4. The van der Waals surface area contributed by atoms with E-state index in [1.165, 1.54) is 154 Å². The van der Waals surface area contributed by atoms with Crippen molar-refractivity contribution < 1.29 is 33.1 Å². The smallest absolute Gasteiger partial charge is 0.469 e. The molecule has 0 saturated heterocycles. The molecule has 0 amide bonds. The summed E-state index contributed by atoms with van der Waals surface area (Å²) in [5.41, 5.74) is 0. The summed E-state index contributed by atoms with van der Waals surface area (Å²) in [5.74, 6) is -0.381. The molecule has 0 heterocycles. The third-order valence-electron chi connectivity index (χ3n) is 8.66. The number of phosphoric acid groups is 1. The SMILES string of the molecule is CCCCCCCCCCCCCC/C=C\OC[C@H](COP(=O)(O)O)OC(=O)CCCCCCCCCCCCCCCCCC. The molecule has 2 N–H and O–H groups in total. The van der Waals surface area contributed by atoms with Crippen molar-refractivity contribution in [2.75, 3.05) is 13.2 Å². The minimum absolute atomic E-state index is 0.000354. The highest BCUT2D eigenvalue weighted by Gasteiger charge is 2.21. The van der Waals surface area contributed by atoms with Gasteiger partial charge in [-0.2, -0.15) is 0 Å². The Balaban J connectivity index is 3.83. The molecule has 0 aliphatic rings. The van der Waals surface area contributed by atoms with Crippen LogP contribution in [0.15, 0.2) is 12.3 Å². The van der Waals surface area contributed by atoms with Crippen molar-refractivity contribution in [3.8, 4) is 0 Å². The number of unbranched alkanes of at least 4 members (excludes halogenated alkanes) is 27. The van der Waals surface area contributed by atoms with E-state index < -0.39 is 20.5 Å². The van der Waals surface area contributed by atoms with Crippen LogP contribution in [0.2, 0.25) is 0 Å². The predicted octanol–water partition coefficient (Wildman–Crippen LogP) is 12.3. The molecule has 8 heteroatoms. The third-order valence-corrected chi connectivity index (χ3v) is 9.15. The van der Waals surface area contributed by atoms with Gasteiger partial charge in [-0.1, -0.05) is 181 Å². The third kappa shape index (κ3) is 37.6. The number of phosphoric ester groups is 1. The fourth-order valence-corrected chi connectivity index (χ4v) is 6.12. The highest BCUT2D eigenvalue weighted by molar-refractivity contribution is 7.46. The molecule has 274 valence electrons. The number of allylic oxidation sites excluding steroid dienone is 1. The first-order chi connectivity index (χ1) is 22.4.